The molecule has 2 fully saturated rings. The van der Waals surface area contributed by atoms with Crippen LogP contribution >= 0.6 is 0 Å². The van der Waals surface area contributed by atoms with Gasteiger partial charge in [0.05, 0.1) is 5.92 Å². The van der Waals surface area contributed by atoms with Crippen LogP contribution in [0.1, 0.15) is 46.5 Å². The van der Waals surface area contributed by atoms with Crippen LogP contribution in [0, 0.1) is 22.7 Å². The molecule has 0 amide bonds. The second kappa shape index (κ2) is 4.34. The van der Waals surface area contributed by atoms with E-state index < -0.39 is 6.29 Å². The average molecular weight is 278 g/mol. The van der Waals surface area contributed by atoms with Crippen LogP contribution < -0.4 is 0 Å². The Balaban J connectivity index is 2.04. The molecule has 0 unspecified atom stereocenters. The van der Waals surface area contributed by atoms with Crippen molar-refractivity contribution >= 4 is 12.4 Å². The third-order valence-corrected chi connectivity index (χ3v) is 5.82. The quantitative estimate of drug-likeness (QED) is 0.575. The topological polar surface area (TPSA) is 52.6 Å². The number of hydrogen-bond donors (Lipinski definition) is 0. The minimum absolute atomic E-state index is 0.0360. The maximum atomic E-state index is 12.0. The van der Waals surface area contributed by atoms with E-state index in [1.165, 1.54) is 6.42 Å². The summed E-state index contributed by atoms with van der Waals surface area (Å²) in [6, 6.07) is 0. The molecule has 1 saturated heterocycles. The van der Waals surface area contributed by atoms with Gasteiger partial charge < -0.3 is 9.47 Å². The summed E-state index contributed by atoms with van der Waals surface area (Å²) in [4.78, 5) is 22.7. The van der Waals surface area contributed by atoms with Crippen molar-refractivity contribution in [3.63, 3.8) is 0 Å². The third kappa shape index (κ3) is 1.73. The monoisotopic (exact) mass is 278 g/mol. The van der Waals surface area contributed by atoms with Crippen LogP contribution in [0.4, 0.5) is 0 Å². The summed E-state index contributed by atoms with van der Waals surface area (Å²) in [6.45, 7) is 7.24. The average Bonchev–Trinajstić information content (AvgIpc) is 2.67. The van der Waals surface area contributed by atoms with Crippen LogP contribution in [0.15, 0.2) is 11.6 Å². The molecule has 3 rings (SSSR count). The van der Waals surface area contributed by atoms with Crippen LogP contribution in [0.3, 0.4) is 0 Å². The number of allylic oxidation sites excluding steroid dienone is 1. The van der Waals surface area contributed by atoms with Gasteiger partial charge >= 0.3 is 5.97 Å². The van der Waals surface area contributed by atoms with Gasteiger partial charge in [-0.15, -0.1) is 0 Å². The molecular formula is C16H22O4. The summed E-state index contributed by atoms with van der Waals surface area (Å²) in [5, 5.41) is 0. The van der Waals surface area contributed by atoms with Crippen molar-refractivity contribution in [2.45, 2.75) is 52.7 Å². The van der Waals surface area contributed by atoms with Crippen LogP contribution in [0.25, 0.3) is 0 Å². The van der Waals surface area contributed by atoms with Crippen LogP contribution in [0.2, 0.25) is 0 Å². The van der Waals surface area contributed by atoms with Gasteiger partial charge in [0.1, 0.15) is 0 Å². The van der Waals surface area contributed by atoms with Gasteiger partial charge in [-0.05, 0) is 36.0 Å². The van der Waals surface area contributed by atoms with Gasteiger partial charge in [-0.1, -0.05) is 33.3 Å². The first-order valence-electron chi connectivity index (χ1n) is 7.40. The molecule has 0 aromatic carbocycles. The first-order valence-corrected chi connectivity index (χ1v) is 7.40. The van der Waals surface area contributed by atoms with E-state index in [4.69, 9.17) is 9.47 Å². The first kappa shape index (κ1) is 13.7. The summed E-state index contributed by atoms with van der Waals surface area (Å²) in [5.41, 5.74) is 0.922. The maximum Gasteiger partial charge on any atom is 0.337 e. The standard InChI is InChI=1S/C16H22O4/c1-15(2)7-4-8-16(3)11(15)6-5-10-12(16)14(19-9-17)20-13(10)18/h5,9,11-12,14H,4,6-8H2,1-3H3/t11-,12+,14+,16-/m0/s1. The number of cyclic esters (lactones) is 1. The number of carbonyl (C=O) groups is 2. The number of hydrogen-bond acceptors (Lipinski definition) is 4. The van der Waals surface area contributed by atoms with Gasteiger partial charge in [-0.25, -0.2) is 4.79 Å². The van der Waals surface area contributed by atoms with Crippen molar-refractivity contribution in [2.75, 3.05) is 0 Å². The van der Waals surface area contributed by atoms with Crippen molar-refractivity contribution in [3.05, 3.63) is 11.6 Å². The molecule has 0 bridgehead atoms. The van der Waals surface area contributed by atoms with E-state index in [1.807, 2.05) is 6.08 Å². The zero-order valence-corrected chi connectivity index (χ0v) is 12.3. The number of ether oxygens (including phenoxy) is 2. The molecule has 0 aromatic rings. The van der Waals surface area contributed by atoms with Gasteiger partial charge in [-0.3, -0.25) is 4.79 Å². The highest BCUT2D eigenvalue weighted by Gasteiger charge is 2.60. The molecule has 4 heteroatoms. The molecule has 4 nitrogen and oxygen atoms in total. The first-order chi connectivity index (χ1) is 9.40. The molecule has 110 valence electrons. The number of carbonyl (C=O) groups excluding carboxylic acids is 2. The van der Waals surface area contributed by atoms with Crippen molar-refractivity contribution in [2.24, 2.45) is 22.7 Å². The van der Waals surface area contributed by atoms with Crippen molar-refractivity contribution in [1.29, 1.82) is 0 Å². The lowest BCUT2D eigenvalue weighted by Gasteiger charge is -2.55. The SMILES string of the molecule is CC1(C)CCC[C@]2(C)[C@@H]3C(=CC[C@@H]12)C(=O)O[C@H]3OC=O. The summed E-state index contributed by atoms with van der Waals surface area (Å²) >= 11 is 0. The lowest BCUT2D eigenvalue weighted by atomic mass is 9.49. The Morgan fingerprint density at radius 1 is 1.35 bits per heavy atom. The molecule has 1 aliphatic heterocycles. The lowest BCUT2D eigenvalue weighted by Crippen LogP contribution is -2.50. The van der Waals surface area contributed by atoms with E-state index in [0.717, 1.165) is 19.3 Å². The van der Waals surface area contributed by atoms with Gasteiger partial charge in [0.15, 0.2) is 0 Å². The van der Waals surface area contributed by atoms with Crippen molar-refractivity contribution in [3.8, 4) is 0 Å². The van der Waals surface area contributed by atoms with Gasteiger partial charge in [0, 0.05) is 5.57 Å². The third-order valence-electron chi connectivity index (χ3n) is 5.82. The zero-order chi connectivity index (χ0) is 14.5. The predicted octanol–water partition coefficient (Wildman–Crippen LogP) is 2.82. The highest BCUT2D eigenvalue weighted by molar-refractivity contribution is 5.92. The molecule has 0 spiro atoms. The Morgan fingerprint density at radius 2 is 2.10 bits per heavy atom. The number of rotatable bonds is 2. The Hall–Kier alpha value is -1.32. The molecule has 0 aromatic heterocycles. The molecule has 1 heterocycles. The van der Waals surface area contributed by atoms with E-state index in [9.17, 15) is 9.59 Å². The minimum Gasteiger partial charge on any atom is -0.427 e. The van der Waals surface area contributed by atoms with E-state index in [1.54, 1.807) is 0 Å². The second-order valence-electron chi connectivity index (χ2n) is 7.28. The largest absolute Gasteiger partial charge is 0.427 e. The Labute approximate surface area is 119 Å². The molecule has 1 saturated carbocycles. The molecular weight excluding hydrogens is 256 g/mol. The Kier molecular flexibility index (Phi) is 2.96. The van der Waals surface area contributed by atoms with Crippen LogP contribution in [-0.4, -0.2) is 18.7 Å². The van der Waals surface area contributed by atoms with Gasteiger partial charge in [0.2, 0.25) is 0 Å². The predicted molar refractivity (Wildman–Crippen MR) is 72.4 cm³/mol. The summed E-state index contributed by atoms with van der Waals surface area (Å²) in [7, 11) is 0. The molecule has 20 heavy (non-hydrogen) atoms. The Bertz CT molecular complexity index is 479. The van der Waals surface area contributed by atoms with E-state index in [0.29, 0.717) is 18.0 Å². The smallest absolute Gasteiger partial charge is 0.337 e. The second-order valence-corrected chi connectivity index (χ2v) is 7.28. The highest BCUT2D eigenvalue weighted by atomic mass is 16.7. The minimum atomic E-state index is -0.743. The summed E-state index contributed by atoms with van der Waals surface area (Å²) in [5.74, 6) is 0.0631. The maximum absolute atomic E-state index is 12.0. The van der Waals surface area contributed by atoms with Gasteiger partial charge in [-0.2, -0.15) is 0 Å². The lowest BCUT2D eigenvalue weighted by molar-refractivity contribution is -0.182. The molecule has 0 N–H and O–H groups in total. The summed E-state index contributed by atoms with van der Waals surface area (Å²) in [6.07, 6.45) is 5.59. The van der Waals surface area contributed by atoms with Crippen LogP contribution in [0.5, 0.6) is 0 Å². The number of fused-ring (bicyclic) bond motifs is 3. The normalized spacial score (nSPS) is 42.0. The fourth-order valence-electron chi connectivity index (χ4n) is 4.92. The van der Waals surface area contributed by atoms with Gasteiger partial charge in [0.25, 0.3) is 12.8 Å². The number of esters is 1. The van der Waals surface area contributed by atoms with E-state index in [-0.39, 0.29) is 22.7 Å². The van der Waals surface area contributed by atoms with Crippen LogP contribution in [-0.2, 0) is 19.1 Å². The molecule has 2 aliphatic carbocycles. The summed E-state index contributed by atoms with van der Waals surface area (Å²) < 4.78 is 10.3. The fourth-order valence-corrected chi connectivity index (χ4v) is 4.92. The Morgan fingerprint density at radius 3 is 2.80 bits per heavy atom. The fraction of sp³-hybridized carbons (Fsp3) is 0.750. The molecule has 3 aliphatic rings. The van der Waals surface area contributed by atoms with Crippen molar-refractivity contribution in [1.82, 2.24) is 0 Å². The molecule has 4 atom stereocenters. The molecule has 0 radical (unpaired) electrons. The van der Waals surface area contributed by atoms with E-state index in [2.05, 4.69) is 20.8 Å². The van der Waals surface area contributed by atoms with E-state index >= 15 is 0 Å². The highest BCUT2D eigenvalue weighted by Crippen LogP contribution is 2.62. The zero-order valence-electron chi connectivity index (χ0n) is 12.3. The van der Waals surface area contributed by atoms with Crippen molar-refractivity contribution < 1.29 is 19.1 Å².